The van der Waals surface area contributed by atoms with Gasteiger partial charge in [0.1, 0.15) is 5.76 Å². The van der Waals surface area contributed by atoms with Crippen LogP contribution in [0.2, 0.25) is 0 Å². The van der Waals surface area contributed by atoms with Crippen molar-refractivity contribution in [1.29, 1.82) is 0 Å². The van der Waals surface area contributed by atoms with Crippen LogP contribution in [0, 0.1) is 0 Å². The summed E-state index contributed by atoms with van der Waals surface area (Å²) in [5, 5.41) is 9.67. The number of nitrogens with one attached hydrogen (secondary N) is 1. The molecule has 4 N–H and O–H groups in total. The van der Waals surface area contributed by atoms with Crippen LogP contribution in [0.4, 0.5) is 0 Å². The van der Waals surface area contributed by atoms with Gasteiger partial charge in [-0.3, -0.25) is 15.1 Å². The van der Waals surface area contributed by atoms with Crippen LogP contribution in [0.25, 0.3) is 0 Å². The predicted molar refractivity (Wildman–Crippen MR) is 63.0 cm³/mol. The van der Waals surface area contributed by atoms with E-state index < -0.39 is 5.60 Å². The van der Waals surface area contributed by atoms with Gasteiger partial charge in [0, 0.05) is 6.54 Å². The highest BCUT2D eigenvalue weighted by molar-refractivity contribution is 5.94. The molecule has 1 aromatic heterocycles. The van der Waals surface area contributed by atoms with E-state index in [-0.39, 0.29) is 5.91 Å². The SMILES string of the molecule is CN(Cc1occc1C(=O)NN)CC(C)(C)O. The number of aliphatic hydroxyl groups is 1. The van der Waals surface area contributed by atoms with Crippen molar-refractivity contribution in [2.75, 3.05) is 13.6 Å². The van der Waals surface area contributed by atoms with Crippen LogP contribution in [0.1, 0.15) is 30.0 Å². The van der Waals surface area contributed by atoms with Gasteiger partial charge in [0.15, 0.2) is 0 Å². The molecule has 17 heavy (non-hydrogen) atoms. The molecule has 0 aliphatic rings. The first kappa shape index (κ1) is 13.7. The summed E-state index contributed by atoms with van der Waals surface area (Å²) in [6.07, 6.45) is 1.44. The van der Waals surface area contributed by atoms with E-state index in [2.05, 4.69) is 5.43 Å². The van der Waals surface area contributed by atoms with Gasteiger partial charge in [0.2, 0.25) is 0 Å². The maximum absolute atomic E-state index is 11.4. The van der Waals surface area contributed by atoms with E-state index in [4.69, 9.17) is 10.3 Å². The van der Waals surface area contributed by atoms with Crippen molar-refractivity contribution in [3.63, 3.8) is 0 Å². The number of carbonyl (C=O) groups excluding carboxylic acids is 1. The van der Waals surface area contributed by atoms with Crippen LogP contribution in [-0.2, 0) is 6.54 Å². The molecule has 0 saturated carbocycles. The predicted octanol–water partition coefficient (Wildman–Crippen LogP) is 0.0858. The third kappa shape index (κ3) is 4.18. The Bertz CT molecular complexity index is 382. The molecule has 0 unspecified atom stereocenters. The number of hydrazine groups is 1. The van der Waals surface area contributed by atoms with Gasteiger partial charge in [-0.1, -0.05) is 0 Å². The minimum absolute atomic E-state index is 0.384. The summed E-state index contributed by atoms with van der Waals surface area (Å²) in [5.74, 6) is 5.21. The molecule has 0 aromatic carbocycles. The third-order valence-electron chi connectivity index (χ3n) is 2.19. The number of carbonyl (C=O) groups is 1. The highest BCUT2D eigenvalue weighted by Gasteiger charge is 2.19. The molecular weight excluding hydrogens is 222 g/mol. The van der Waals surface area contributed by atoms with Crippen LogP contribution in [0.3, 0.4) is 0 Å². The molecule has 1 heterocycles. The van der Waals surface area contributed by atoms with Crippen LogP contribution < -0.4 is 11.3 Å². The maximum atomic E-state index is 11.4. The summed E-state index contributed by atoms with van der Waals surface area (Å²) in [6.45, 7) is 4.34. The number of rotatable bonds is 5. The second-order valence-electron chi connectivity index (χ2n) is 4.72. The van der Waals surface area contributed by atoms with Gasteiger partial charge in [0.05, 0.1) is 24.0 Å². The maximum Gasteiger partial charge on any atom is 0.268 e. The van der Waals surface area contributed by atoms with Crippen molar-refractivity contribution < 1.29 is 14.3 Å². The topological polar surface area (TPSA) is 91.7 Å². The van der Waals surface area contributed by atoms with Crippen LogP contribution in [0.5, 0.6) is 0 Å². The lowest BCUT2D eigenvalue weighted by Gasteiger charge is -2.24. The van der Waals surface area contributed by atoms with E-state index in [0.717, 1.165) is 0 Å². The molecule has 6 heteroatoms. The molecule has 0 bridgehead atoms. The Hall–Kier alpha value is -1.37. The smallest absolute Gasteiger partial charge is 0.268 e. The van der Waals surface area contributed by atoms with Crippen molar-refractivity contribution in [1.82, 2.24) is 10.3 Å². The normalized spacial score (nSPS) is 11.9. The highest BCUT2D eigenvalue weighted by Crippen LogP contribution is 2.14. The molecule has 96 valence electrons. The quantitative estimate of drug-likeness (QED) is 0.386. The lowest BCUT2D eigenvalue weighted by atomic mass is 10.1. The van der Waals surface area contributed by atoms with Crippen molar-refractivity contribution in [3.05, 3.63) is 23.7 Å². The van der Waals surface area contributed by atoms with Gasteiger partial charge < -0.3 is 9.52 Å². The minimum Gasteiger partial charge on any atom is -0.467 e. The third-order valence-corrected chi connectivity index (χ3v) is 2.19. The van der Waals surface area contributed by atoms with Gasteiger partial charge in [-0.25, -0.2) is 5.84 Å². The molecule has 1 rings (SSSR count). The monoisotopic (exact) mass is 241 g/mol. The molecule has 0 aliphatic heterocycles. The molecule has 1 aromatic rings. The zero-order chi connectivity index (χ0) is 13.1. The zero-order valence-electron chi connectivity index (χ0n) is 10.4. The summed E-state index contributed by atoms with van der Waals surface area (Å²) >= 11 is 0. The number of nitrogen functional groups attached to an aromatic ring is 1. The summed E-state index contributed by atoms with van der Waals surface area (Å²) in [5.41, 5.74) is 1.68. The fourth-order valence-electron chi connectivity index (χ4n) is 1.70. The Morgan fingerprint density at radius 3 is 2.82 bits per heavy atom. The first-order valence-electron chi connectivity index (χ1n) is 5.32. The summed E-state index contributed by atoms with van der Waals surface area (Å²) in [4.78, 5) is 13.3. The molecule has 0 atom stereocenters. The minimum atomic E-state index is -0.794. The van der Waals surface area contributed by atoms with Gasteiger partial charge in [-0.05, 0) is 27.0 Å². The second kappa shape index (κ2) is 5.31. The first-order chi connectivity index (χ1) is 7.83. The van der Waals surface area contributed by atoms with Crippen molar-refractivity contribution in [2.45, 2.75) is 26.0 Å². The molecular formula is C11H19N3O3. The van der Waals surface area contributed by atoms with Crippen molar-refractivity contribution in [3.8, 4) is 0 Å². The van der Waals surface area contributed by atoms with Gasteiger partial charge in [-0.15, -0.1) is 0 Å². The number of hydrogen-bond donors (Lipinski definition) is 3. The Labute approximate surface area is 100 Å². The van der Waals surface area contributed by atoms with Gasteiger partial charge in [-0.2, -0.15) is 0 Å². The number of likely N-dealkylation sites (N-methyl/N-ethyl adjacent to an activating group) is 1. The van der Waals surface area contributed by atoms with E-state index >= 15 is 0 Å². The second-order valence-corrected chi connectivity index (χ2v) is 4.72. The van der Waals surface area contributed by atoms with E-state index in [9.17, 15) is 9.90 Å². The van der Waals surface area contributed by atoms with Gasteiger partial charge >= 0.3 is 0 Å². The Balaban J connectivity index is 2.69. The lowest BCUT2D eigenvalue weighted by molar-refractivity contribution is 0.0406. The first-order valence-corrected chi connectivity index (χ1v) is 5.32. The fraction of sp³-hybridized carbons (Fsp3) is 0.545. The summed E-state index contributed by atoms with van der Waals surface area (Å²) in [7, 11) is 1.84. The molecule has 0 aliphatic carbocycles. The highest BCUT2D eigenvalue weighted by atomic mass is 16.3. The van der Waals surface area contributed by atoms with E-state index in [1.807, 2.05) is 11.9 Å². The zero-order valence-corrected chi connectivity index (χ0v) is 10.4. The fourth-order valence-corrected chi connectivity index (χ4v) is 1.70. The summed E-state index contributed by atoms with van der Waals surface area (Å²) < 4.78 is 5.23. The lowest BCUT2D eigenvalue weighted by Crippen LogP contribution is -2.36. The number of amides is 1. The molecule has 6 nitrogen and oxygen atoms in total. The molecule has 0 radical (unpaired) electrons. The molecule has 0 fully saturated rings. The largest absolute Gasteiger partial charge is 0.467 e. The number of furan rings is 1. The standard InChI is InChI=1S/C11H19N3O3/c1-11(2,16)7-14(3)6-9-8(4-5-17-9)10(15)13-12/h4-5,16H,6-7,12H2,1-3H3,(H,13,15). The van der Waals surface area contributed by atoms with E-state index in [1.165, 1.54) is 6.26 Å². The molecule has 0 spiro atoms. The number of nitrogens with two attached hydrogens (primary N) is 1. The Kier molecular flexibility index (Phi) is 4.28. The van der Waals surface area contributed by atoms with Crippen LogP contribution >= 0.6 is 0 Å². The number of nitrogens with zero attached hydrogens (tertiary/aromatic N) is 1. The molecule has 0 saturated heterocycles. The number of hydrogen-bond acceptors (Lipinski definition) is 5. The van der Waals surface area contributed by atoms with E-state index in [0.29, 0.717) is 24.4 Å². The average Bonchev–Trinajstić information content (AvgIpc) is 2.61. The average molecular weight is 241 g/mol. The Morgan fingerprint density at radius 1 is 1.65 bits per heavy atom. The van der Waals surface area contributed by atoms with Gasteiger partial charge in [0.25, 0.3) is 5.91 Å². The summed E-state index contributed by atoms with van der Waals surface area (Å²) in [6, 6.07) is 1.56. The molecule has 1 amide bonds. The van der Waals surface area contributed by atoms with E-state index in [1.54, 1.807) is 19.9 Å². The van der Waals surface area contributed by atoms with Crippen LogP contribution in [-0.4, -0.2) is 35.1 Å². The Morgan fingerprint density at radius 2 is 2.29 bits per heavy atom. The van der Waals surface area contributed by atoms with Crippen molar-refractivity contribution >= 4 is 5.91 Å². The van der Waals surface area contributed by atoms with Crippen molar-refractivity contribution in [2.24, 2.45) is 5.84 Å². The van der Waals surface area contributed by atoms with Crippen LogP contribution in [0.15, 0.2) is 16.7 Å².